The fraction of sp³-hybridized carbons (Fsp3) is 0.684. The van der Waals surface area contributed by atoms with E-state index < -0.39 is 25.8 Å². The number of nitrogens with zero attached hydrogens (tertiary/aromatic N) is 1. The van der Waals surface area contributed by atoms with Gasteiger partial charge in [0.2, 0.25) is 5.88 Å². The van der Waals surface area contributed by atoms with E-state index in [2.05, 4.69) is 44.2 Å². The third kappa shape index (κ3) is 5.98. The van der Waals surface area contributed by atoms with Crippen LogP contribution in [-0.2, 0) is 9.22 Å². The van der Waals surface area contributed by atoms with Gasteiger partial charge in [-0.3, -0.25) is 4.79 Å². The molecule has 0 fully saturated rings. The Kier molecular flexibility index (Phi) is 7.24. The molecule has 26 heavy (non-hydrogen) atoms. The van der Waals surface area contributed by atoms with E-state index in [0.717, 1.165) is 5.69 Å². The Balaban J connectivity index is 2.50. The van der Waals surface area contributed by atoms with Crippen LogP contribution in [0, 0.1) is 5.41 Å². The smallest absolute Gasteiger partial charge is 0.312 e. The summed E-state index contributed by atoms with van der Waals surface area (Å²) < 4.78 is 11.8. The summed E-state index contributed by atoms with van der Waals surface area (Å²) in [6.45, 7) is 17.5. The monoisotopic (exact) mass is 382 g/mol. The van der Waals surface area contributed by atoms with Gasteiger partial charge in [0.05, 0.1) is 23.9 Å². The molecule has 0 amide bonds. The van der Waals surface area contributed by atoms with E-state index >= 15 is 0 Å². The predicted octanol–water partition coefficient (Wildman–Crippen LogP) is 4.39. The third-order valence-corrected chi connectivity index (χ3v) is 9.84. The maximum Gasteiger partial charge on any atom is 0.312 e. The van der Waals surface area contributed by atoms with Crippen LogP contribution in [0.3, 0.4) is 0 Å². The molecular formula is C19H34N2O4Si. The van der Waals surface area contributed by atoms with E-state index in [9.17, 15) is 9.90 Å². The zero-order chi connectivity index (χ0) is 20.2. The van der Waals surface area contributed by atoms with Gasteiger partial charge in [0.15, 0.2) is 8.32 Å². The van der Waals surface area contributed by atoms with Crippen molar-refractivity contribution < 1.29 is 19.1 Å². The van der Waals surface area contributed by atoms with Crippen molar-refractivity contribution in [3.8, 4) is 5.88 Å². The van der Waals surface area contributed by atoms with E-state index in [-0.39, 0.29) is 5.04 Å². The van der Waals surface area contributed by atoms with Gasteiger partial charge in [0, 0.05) is 12.6 Å². The van der Waals surface area contributed by atoms with Gasteiger partial charge in [-0.15, -0.1) is 0 Å². The Morgan fingerprint density at radius 2 is 1.88 bits per heavy atom. The van der Waals surface area contributed by atoms with Crippen molar-refractivity contribution in [3.63, 3.8) is 0 Å². The second-order valence-electron chi connectivity index (χ2n) is 8.71. The van der Waals surface area contributed by atoms with Crippen molar-refractivity contribution in [1.82, 2.24) is 4.98 Å². The lowest BCUT2D eigenvalue weighted by molar-refractivity contribution is -0.151. The number of hydrogen-bond acceptors (Lipinski definition) is 5. The van der Waals surface area contributed by atoms with Crippen LogP contribution in [0.15, 0.2) is 18.3 Å². The number of aromatic nitrogens is 1. The van der Waals surface area contributed by atoms with Gasteiger partial charge in [-0.25, -0.2) is 4.98 Å². The molecule has 1 rings (SSSR count). The number of pyridine rings is 1. The van der Waals surface area contributed by atoms with Crippen LogP contribution in [0.4, 0.5) is 5.69 Å². The van der Waals surface area contributed by atoms with Gasteiger partial charge in [-0.1, -0.05) is 20.8 Å². The topological polar surface area (TPSA) is 80.7 Å². The summed E-state index contributed by atoms with van der Waals surface area (Å²) >= 11 is 0. The number of hydrogen-bond donors (Lipinski definition) is 2. The molecule has 0 bridgehead atoms. The molecule has 0 aliphatic heterocycles. The molecule has 2 N–H and O–H groups in total. The van der Waals surface area contributed by atoms with Crippen LogP contribution in [0.2, 0.25) is 18.1 Å². The van der Waals surface area contributed by atoms with Crippen molar-refractivity contribution in [3.05, 3.63) is 18.3 Å². The summed E-state index contributed by atoms with van der Waals surface area (Å²) in [6.07, 6.45) is 1.19. The van der Waals surface area contributed by atoms with Gasteiger partial charge < -0.3 is 19.6 Å². The summed E-state index contributed by atoms with van der Waals surface area (Å²) in [5.41, 5.74) is -0.110. The molecule has 0 radical (unpaired) electrons. The highest BCUT2D eigenvalue weighted by atomic mass is 28.4. The summed E-state index contributed by atoms with van der Waals surface area (Å²) in [7, 11) is -1.72. The van der Waals surface area contributed by atoms with Crippen LogP contribution in [-0.4, -0.2) is 43.6 Å². The molecule has 0 aromatic carbocycles. The summed E-state index contributed by atoms with van der Waals surface area (Å²) in [4.78, 5) is 15.5. The maximum absolute atomic E-state index is 11.3. The van der Waals surface area contributed by atoms with E-state index in [1.807, 2.05) is 6.07 Å². The molecular weight excluding hydrogens is 348 g/mol. The highest BCUT2D eigenvalue weighted by Crippen LogP contribution is 2.36. The van der Waals surface area contributed by atoms with Crippen LogP contribution in [0.5, 0.6) is 5.88 Å². The Hall–Kier alpha value is -1.60. The quantitative estimate of drug-likeness (QED) is 0.487. The Labute approximate surface area is 158 Å². The first-order valence-electron chi connectivity index (χ1n) is 9.01. The molecule has 1 aromatic heterocycles. The van der Waals surface area contributed by atoms with Crippen LogP contribution in [0.1, 0.15) is 41.5 Å². The summed E-state index contributed by atoms with van der Waals surface area (Å²) in [5.74, 6) is -0.486. The van der Waals surface area contributed by atoms with Gasteiger partial charge in [0.1, 0.15) is 6.10 Å². The Morgan fingerprint density at radius 3 is 2.35 bits per heavy atom. The molecule has 1 heterocycles. The van der Waals surface area contributed by atoms with Crippen molar-refractivity contribution in [1.29, 1.82) is 0 Å². The average molecular weight is 383 g/mol. The summed E-state index contributed by atoms with van der Waals surface area (Å²) in [6, 6.07) is 3.61. The van der Waals surface area contributed by atoms with Crippen LogP contribution in [0.25, 0.3) is 0 Å². The van der Waals surface area contributed by atoms with E-state index in [1.54, 1.807) is 33.0 Å². The van der Waals surface area contributed by atoms with Crippen LogP contribution < -0.4 is 10.1 Å². The Morgan fingerprint density at radius 1 is 1.27 bits per heavy atom. The molecule has 1 aromatic rings. The standard InChI is InChI=1S/C19H34N2O4Si/c1-14(19(5,6)17(22)23)25-16-10-9-15(13-21-16)20-11-12-24-26(7,8)18(2,3)4/h9-10,13-14,20H,11-12H2,1-8H3,(H,22,23). The summed E-state index contributed by atoms with van der Waals surface area (Å²) in [5, 5.41) is 12.7. The molecule has 0 aliphatic carbocycles. The number of anilines is 1. The highest BCUT2D eigenvalue weighted by molar-refractivity contribution is 6.74. The van der Waals surface area contributed by atoms with Crippen molar-refractivity contribution in [2.45, 2.75) is 65.8 Å². The minimum absolute atomic E-state index is 0.202. The first kappa shape index (κ1) is 22.4. The second kappa shape index (κ2) is 8.39. The molecule has 6 nitrogen and oxygen atoms in total. The molecule has 0 saturated carbocycles. The van der Waals surface area contributed by atoms with E-state index in [0.29, 0.717) is 19.0 Å². The SMILES string of the molecule is CC(Oc1ccc(NCCO[Si](C)(C)C(C)(C)C)cn1)C(C)(C)C(=O)O. The fourth-order valence-corrected chi connectivity index (χ4v) is 2.82. The number of carboxylic acids is 1. The van der Waals surface area contributed by atoms with Crippen molar-refractivity contribution in [2.24, 2.45) is 5.41 Å². The van der Waals surface area contributed by atoms with E-state index in [4.69, 9.17) is 9.16 Å². The van der Waals surface area contributed by atoms with Crippen molar-refractivity contribution >= 4 is 20.0 Å². The zero-order valence-corrected chi connectivity index (χ0v) is 18.3. The lowest BCUT2D eigenvalue weighted by Crippen LogP contribution is -2.41. The van der Waals surface area contributed by atoms with Crippen LogP contribution >= 0.6 is 0 Å². The lowest BCUT2D eigenvalue weighted by Gasteiger charge is -2.36. The average Bonchev–Trinajstić information content (AvgIpc) is 2.51. The molecule has 7 heteroatoms. The largest absolute Gasteiger partial charge is 0.481 e. The Bertz CT molecular complexity index is 595. The van der Waals surface area contributed by atoms with Gasteiger partial charge in [-0.05, 0) is 45.0 Å². The number of nitrogens with one attached hydrogen (secondary N) is 1. The van der Waals surface area contributed by atoms with Gasteiger partial charge in [0.25, 0.3) is 0 Å². The van der Waals surface area contributed by atoms with Gasteiger partial charge >= 0.3 is 5.97 Å². The van der Waals surface area contributed by atoms with E-state index in [1.165, 1.54) is 0 Å². The maximum atomic E-state index is 11.3. The molecule has 0 spiro atoms. The first-order chi connectivity index (χ1) is 11.8. The number of rotatable bonds is 9. The predicted molar refractivity (Wildman–Crippen MR) is 107 cm³/mol. The van der Waals surface area contributed by atoms with Gasteiger partial charge in [-0.2, -0.15) is 0 Å². The molecule has 1 atom stereocenters. The molecule has 1 unspecified atom stereocenters. The zero-order valence-electron chi connectivity index (χ0n) is 17.3. The molecule has 148 valence electrons. The number of carbonyl (C=O) groups is 1. The fourth-order valence-electron chi connectivity index (χ4n) is 1.77. The molecule has 0 aliphatic rings. The first-order valence-corrected chi connectivity index (χ1v) is 11.9. The number of carboxylic acid groups (broad SMARTS) is 1. The minimum atomic E-state index is -1.72. The number of aliphatic carboxylic acids is 1. The highest BCUT2D eigenvalue weighted by Gasteiger charge is 2.37. The third-order valence-electron chi connectivity index (χ3n) is 5.30. The minimum Gasteiger partial charge on any atom is -0.481 e. The second-order valence-corrected chi connectivity index (χ2v) is 13.5. The van der Waals surface area contributed by atoms with Crippen molar-refractivity contribution in [2.75, 3.05) is 18.5 Å². The normalized spacial score (nSPS) is 14.0. The molecule has 0 saturated heterocycles. The lowest BCUT2D eigenvalue weighted by atomic mass is 9.88. The number of ether oxygens (including phenoxy) is 1.